The van der Waals surface area contributed by atoms with E-state index in [1.807, 2.05) is 35.2 Å². The Hall–Kier alpha value is -5.78. The number of amides is 6. The molecule has 6 aliphatic heterocycles. The number of benzene rings is 3. The molecule has 5 saturated heterocycles. The van der Waals surface area contributed by atoms with Crippen molar-refractivity contribution < 1.29 is 28.8 Å². The predicted octanol–water partition coefficient (Wildman–Crippen LogP) is 4.06. The minimum atomic E-state index is -0.987. The van der Waals surface area contributed by atoms with Crippen molar-refractivity contribution in [1.82, 2.24) is 20.0 Å². The van der Waals surface area contributed by atoms with Gasteiger partial charge in [0.05, 0.1) is 27.1 Å². The van der Waals surface area contributed by atoms with Crippen LogP contribution in [-0.4, -0.2) is 121 Å². The standard InChI is InChI=1S/C44H45ClN8O6/c45-36-26-33(6-3-29(36)27-46)52-20-15-44(43(52)59)13-18-49(19-14-44)30-4-1-28(2-5-30)40(56)51-23-21-50(22-24-51)31-11-16-48(17-12-31)32-7-8-34-35(25-32)42(58)53(41(34)57)37-9-10-38(54)47-39(37)55/h1-8,25-26,31,37H,9-24H2,(H,47,54,55). The molecular weight excluding hydrogens is 772 g/mol. The Labute approximate surface area is 347 Å². The van der Waals surface area contributed by atoms with Crippen molar-refractivity contribution in [2.45, 2.75) is 57.0 Å². The van der Waals surface area contributed by atoms with Gasteiger partial charge < -0.3 is 19.6 Å². The van der Waals surface area contributed by atoms with Gasteiger partial charge in [-0.05, 0) is 99.2 Å². The third-order valence-corrected chi connectivity index (χ3v) is 13.8. The molecule has 3 aromatic rings. The van der Waals surface area contributed by atoms with Gasteiger partial charge in [0.15, 0.2) is 0 Å². The molecule has 15 heteroatoms. The third-order valence-electron chi connectivity index (χ3n) is 13.5. The summed E-state index contributed by atoms with van der Waals surface area (Å²) < 4.78 is 0. The Bertz CT molecular complexity index is 2290. The average molecular weight is 817 g/mol. The largest absolute Gasteiger partial charge is 0.371 e. The molecule has 9 rings (SSSR count). The Kier molecular flexibility index (Phi) is 10.1. The minimum Gasteiger partial charge on any atom is -0.371 e. The van der Waals surface area contributed by atoms with Gasteiger partial charge in [0, 0.05) is 94.0 Å². The molecule has 14 nitrogen and oxygen atoms in total. The summed E-state index contributed by atoms with van der Waals surface area (Å²) in [5.41, 5.74) is 3.87. The van der Waals surface area contributed by atoms with Crippen LogP contribution < -0.4 is 20.0 Å². The molecule has 1 unspecified atom stereocenters. The molecule has 3 aromatic carbocycles. The van der Waals surface area contributed by atoms with Crippen molar-refractivity contribution in [3.05, 3.63) is 87.9 Å². The Morgan fingerprint density at radius 2 is 1.36 bits per heavy atom. The van der Waals surface area contributed by atoms with Crippen LogP contribution in [0.4, 0.5) is 17.1 Å². The summed E-state index contributed by atoms with van der Waals surface area (Å²) in [6, 6.07) is 19.8. The molecule has 0 bridgehead atoms. The molecule has 6 aliphatic rings. The zero-order valence-corrected chi connectivity index (χ0v) is 33.5. The van der Waals surface area contributed by atoms with E-state index < -0.39 is 35.1 Å². The summed E-state index contributed by atoms with van der Waals surface area (Å²) in [5, 5.41) is 11.8. The molecule has 0 aliphatic carbocycles. The quantitative estimate of drug-likeness (QED) is 0.360. The van der Waals surface area contributed by atoms with Gasteiger partial charge in [-0.25, -0.2) is 0 Å². The fraction of sp³-hybridized carbons (Fsp3) is 0.432. The molecule has 1 N–H and O–H groups in total. The number of nitriles is 1. The summed E-state index contributed by atoms with van der Waals surface area (Å²) in [5.74, 6) is -1.87. The number of rotatable bonds is 6. The predicted molar refractivity (Wildman–Crippen MR) is 219 cm³/mol. The van der Waals surface area contributed by atoms with Crippen LogP contribution in [0.1, 0.15) is 81.6 Å². The van der Waals surface area contributed by atoms with Crippen LogP contribution in [0, 0.1) is 16.7 Å². The summed E-state index contributed by atoms with van der Waals surface area (Å²) in [6.45, 7) is 6.60. The van der Waals surface area contributed by atoms with Crippen LogP contribution in [0.5, 0.6) is 0 Å². The fourth-order valence-corrected chi connectivity index (χ4v) is 10.1. The molecule has 0 radical (unpaired) electrons. The highest BCUT2D eigenvalue weighted by Crippen LogP contribution is 2.44. The summed E-state index contributed by atoms with van der Waals surface area (Å²) in [7, 11) is 0. The van der Waals surface area contributed by atoms with Gasteiger partial charge in [-0.2, -0.15) is 5.26 Å². The molecule has 1 atom stereocenters. The maximum Gasteiger partial charge on any atom is 0.262 e. The number of fused-ring (bicyclic) bond motifs is 1. The zero-order valence-electron chi connectivity index (χ0n) is 32.7. The molecule has 6 heterocycles. The van der Waals surface area contributed by atoms with Crippen LogP contribution in [-0.2, 0) is 14.4 Å². The highest BCUT2D eigenvalue weighted by molar-refractivity contribution is 6.32. The van der Waals surface area contributed by atoms with E-state index >= 15 is 0 Å². The van der Waals surface area contributed by atoms with Gasteiger partial charge in [0.25, 0.3) is 17.7 Å². The van der Waals surface area contributed by atoms with Crippen LogP contribution in [0.15, 0.2) is 60.7 Å². The normalized spacial score (nSPS) is 22.6. The maximum absolute atomic E-state index is 13.7. The number of piperazine rings is 1. The first-order valence-corrected chi connectivity index (χ1v) is 20.9. The Morgan fingerprint density at radius 1 is 0.712 bits per heavy atom. The SMILES string of the molecule is N#Cc1ccc(N2CCC3(CCN(c4ccc(C(=O)N5CCN(C6CCN(c7ccc8c(c7)C(=O)N(C7CCC(=O)NC7=O)C8=O)CC6)CC5)cc4)CC3)C2=O)cc1Cl. The van der Waals surface area contributed by atoms with Gasteiger partial charge in [-0.15, -0.1) is 0 Å². The second kappa shape index (κ2) is 15.4. The first-order chi connectivity index (χ1) is 28.5. The van der Waals surface area contributed by atoms with Gasteiger partial charge in [-0.1, -0.05) is 11.6 Å². The minimum absolute atomic E-state index is 0.0315. The zero-order chi connectivity index (χ0) is 41.0. The Morgan fingerprint density at radius 3 is 2.03 bits per heavy atom. The molecule has 0 aromatic heterocycles. The van der Waals surface area contributed by atoms with Crippen LogP contribution in [0.2, 0.25) is 5.02 Å². The number of carbonyl (C=O) groups excluding carboxylic acids is 6. The number of hydrogen-bond acceptors (Lipinski definition) is 10. The van der Waals surface area contributed by atoms with Gasteiger partial charge >= 0.3 is 0 Å². The lowest BCUT2D eigenvalue weighted by molar-refractivity contribution is -0.136. The van der Waals surface area contributed by atoms with E-state index in [9.17, 15) is 34.0 Å². The van der Waals surface area contributed by atoms with Crippen molar-refractivity contribution in [3.8, 4) is 6.07 Å². The van der Waals surface area contributed by atoms with Gasteiger partial charge in [0.2, 0.25) is 17.7 Å². The molecule has 0 saturated carbocycles. The maximum atomic E-state index is 13.7. The highest BCUT2D eigenvalue weighted by Gasteiger charge is 2.49. The summed E-state index contributed by atoms with van der Waals surface area (Å²) in [6.07, 6.45) is 4.35. The van der Waals surface area contributed by atoms with Crippen molar-refractivity contribution in [3.63, 3.8) is 0 Å². The number of hydrogen-bond donors (Lipinski definition) is 1. The highest BCUT2D eigenvalue weighted by atomic mass is 35.5. The Balaban J connectivity index is 0.738. The second-order valence-electron chi connectivity index (χ2n) is 16.5. The number of nitrogens with one attached hydrogen (secondary N) is 1. The van der Waals surface area contributed by atoms with Crippen molar-refractivity contribution in [2.24, 2.45) is 5.41 Å². The number of carbonyl (C=O) groups is 6. The van der Waals surface area contributed by atoms with E-state index in [2.05, 4.69) is 26.1 Å². The summed E-state index contributed by atoms with van der Waals surface area (Å²) in [4.78, 5) is 89.6. The van der Waals surface area contributed by atoms with E-state index in [0.717, 1.165) is 93.3 Å². The van der Waals surface area contributed by atoms with E-state index in [-0.39, 0.29) is 35.8 Å². The molecule has 1 spiro atoms. The van der Waals surface area contributed by atoms with Crippen molar-refractivity contribution in [2.75, 3.05) is 73.6 Å². The number of imide groups is 2. The number of piperidine rings is 3. The monoisotopic (exact) mass is 816 g/mol. The van der Waals surface area contributed by atoms with E-state index in [4.69, 9.17) is 11.6 Å². The fourth-order valence-electron chi connectivity index (χ4n) is 9.92. The number of nitrogens with zero attached hydrogens (tertiary/aromatic N) is 7. The average Bonchev–Trinajstić information content (AvgIpc) is 3.71. The molecule has 59 heavy (non-hydrogen) atoms. The first-order valence-electron chi connectivity index (χ1n) is 20.5. The van der Waals surface area contributed by atoms with Crippen LogP contribution in [0.3, 0.4) is 0 Å². The lowest BCUT2D eigenvalue weighted by Gasteiger charge is -2.43. The van der Waals surface area contributed by atoms with Crippen molar-refractivity contribution >= 4 is 64.1 Å². The second-order valence-corrected chi connectivity index (χ2v) is 16.9. The number of halogens is 1. The van der Waals surface area contributed by atoms with Gasteiger partial charge in [-0.3, -0.25) is 43.9 Å². The summed E-state index contributed by atoms with van der Waals surface area (Å²) >= 11 is 6.27. The lowest BCUT2D eigenvalue weighted by atomic mass is 9.77. The molecule has 6 amide bonds. The first kappa shape index (κ1) is 38.7. The van der Waals surface area contributed by atoms with Crippen LogP contribution >= 0.6 is 11.6 Å². The topological polar surface area (TPSA) is 158 Å². The molecular formula is C44H45ClN8O6. The van der Waals surface area contributed by atoms with E-state index in [0.29, 0.717) is 41.8 Å². The third kappa shape index (κ3) is 6.99. The van der Waals surface area contributed by atoms with Crippen molar-refractivity contribution in [1.29, 1.82) is 5.26 Å². The lowest BCUT2D eigenvalue weighted by Crippen LogP contribution is -2.54. The van der Waals surface area contributed by atoms with E-state index in [1.54, 1.807) is 35.2 Å². The smallest absolute Gasteiger partial charge is 0.262 e. The van der Waals surface area contributed by atoms with E-state index in [1.165, 1.54) is 0 Å². The van der Waals surface area contributed by atoms with Gasteiger partial charge in [0.1, 0.15) is 12.1 Å². The molecule has 304 valence electrons. The molecule has 5 fully saturated rings. The number of anilines is 3. The van der Waals surface area contributed by atoms with Crippen LogP contribution in [0.25, 0.3) is 0 Å².